The Kier molecular flexibility index (Phi) is 4.62. The first-order chi connectivity index (χ1) is 13.1. The Morgan fingerprint density at radius 2 is 1.89 bits per heavy atom. The molecule has 0 spiro atoms. The predicted octanol–water partition coefficient (Wildman–Crippen LogP) is 2.86. The molecule has 8 nitrogen and oxygen atoms in total. The lowest BCUT2D eigenvalue weighted by molar-refractivity contribution is -0.384. The van der Waals surface area contributed by atoms with E-state index < -0.39 is 4.92 Å². The van der Waals surface area contributed by atoms with Crippen molar-refractivity contribution >= 4 is 17.3 Å². The van der Waals surface area contributed by atoms with Gasteiger partial charge in [0.25, 0.3) is 0 Å². The summed E-state index contributed by atoms with van der Waals surface area (Å²) in [6.45, 7) is 2.10. The molecule has 1 saturated heterocycles. The van der Waals surface area contributed by atoms with Crippen molar-refractivity contribution in [2.24, 2.45) is 5.92 Å². The third-order valence-electron chi connectivity index (χ3n) is 4.95. The number of piperidine rings is 1. The molecule has 140 valence electrons. The third kappa shape index (κ3) is 3.42. The third-order valence-corrected chi connectivity index (χ3v) is 4.95. The fraction of sp³-hybridized carbons (Fsp3) is 0.368. The minimum Gasteiger partial charge on any atom is -0.486 e. The van der Waals surface area contributed by atoms with E-state index in [4.69, 9.17) is 9.47 Å². The molecule has 1 aromatic heterocycles. The van der Waals surface area contributed by atoms with Crippen LogP contribution in [0, 0.1) is 16.0 Å². The maximum atomic E-state index is 12.9. The van der Waals surface area contributed by atoms with Crippen LogP contribution in [0.1, 0.15) is 23.2 Å². The van der Waals surface area contributed by atoms with Crippen molar-refractivity contribution in [3.05, 3.63) is 52.2 Å². The highest BCUT2D eigenvalue weighted by Gasteiger charge is 2.30. The summed E-state index contributed by atoms with van der Waals surface area (Å²) in [6, 6.07) is 8.29. The topological polar surface area (TPSA) is 94.8 Å². The normalized spacial score (nSPS) is 16.8. The maximum absolute atomic E-state index is 12.9. The Morgan fingerprint density at radius 3 is 2.63 bits per heavy atom. The van der Waals surface area contributed by atoms with Crippen LogP contribution in [0.2, 0.25) is 0 Å². The minimum atomic E-state index is -0.422. The Hall–Kier alpha value is -3.16. The van der Waals surface area contributed by atoms with Gasteiger partial charge in [0.1, 0.15) is 13.2 Å². The number of benzene rings is 1. The van der Waals surface area contributed by atoms with Gasteiger partial charge in [-0.25, -0.2) is 4.98 Å². The Balaban J connectivity index is 1.45. The van der Waals surface area contributed by atoms with Crippen molar-refractivity contribution in [1.82, 2.24) is 4.98 Å². The highest BCUT2D eigenvalue weighted by atomic mass is 16.6. The van der Waals surface area contributed by atoms with Gasteiger partial charge in [-0.15, -0.1) is 0 Å². The Bertz CT molecular complexity index is 877. The van der Waals surface area contributed by atoms with Gasteiger partial charge in [0.05, 0.1) is 4.92 Å². The lowest BCUT2D eigenvalue weighted by Gasteiger charge is -2.31. The summed E-state index contributed by atoms with van der Waals surface area (Å²) in [4.78, 5) is 29.7. The van der Waals surface area contributed by atoms with E-state index in [1.807, 2.05) is 4.90 Å². The molecule has 0 N–H and O–H groups in total. The van der Waals surface area contributed by atoms with Gasteiger partial charge in [-0.05, 0) is 37.1 Å². The number of fused-ring (bicyclic) bond motifs is 1. The van der Waals surface area contributed by atoms with E-state index in [2.05, 4.69) is 4.98 Å². The zero-order chi connectivity index (χ0) is 18.8. The van der Waals surface area contributed by atoms with Gasteiger partial charge < -0.3 is 14.4 Å². The summed E-state index contributed by atoms with van der Waals surface area (Å²) in [5, 5.41) is 11.2. The molecule has 0 saturated carbocycles. The zero-order valence-electron chi connectivity index (χ0n) is 14.7. The SMILES string of the molecule is O=C(c1ccc2c(c1)OCCO2)C1CCN(c2ncccc2[N+](=O)[O-])CC1. The number of nitro groups is 1. The van der Waals surface area contributed by atoms with E-state index in [-0.39, 0.29) is 17.4 Å². The number of rotatable bonds is 4. The monoisotopic (exact) mass is 369 g/mol. The van der Waals surface area contributed by atoms with Gasteiger partial charge in [-0.3, -0.25) is 14.9 Å². The highest BCUT2D eigenvalue weighted by molar-refractivity contribution is 5.98. The summed E-state index contributed by atoms with van der Waals surface area (Å²) >= 11 is 0. The average molecular weight is 369 g/mol. The van der Waals surface area contributed by atoms with E-state index in [9.17, 15) is 14.9 Å². The largest absolute Gasteiger partial charge is 0.486 e. The van der Waals surface area contributed by atoms with E-state index >= 15 is 0 Å². The quantitative estimate of drug-likeness (QED) is 0.464. The molecular formula is C19H19N3O5. The molecule has 2 aromatic rings. The molecule has 4 rings (SSSR count). The number of anilines is 1. The molecule has 1 fully saturated rings. The van der Waals surface area contributed by atoms with Crippen molar-refractivity contribution in [3.8, 4) is 11.5 Å². The van der Waals surface area contributed by atoms with Crippen LogP contribution < -0.4 is 14.4 Å². The van der Waals surface area contributed by atoms with Crippen molar-refractivity contribution < 1.29 is 19.2 Å². The lowest BCUT2D eigenvalue weighted by Crippen LogP contribution is -2.37. The average Bonchev–Trinajstić information content (AvgIpc) is 2.73. The number of pyridine rings is 1. The Labute approximate surface area is 155 Å². The van der Waals surface area contributed by atoms with Gasteiger partial charge in [0.2, 0.25) is 5.82 Å². The first kappa shape index (κ1) is 17.3. The molecule has 8 heteroatoms. The number of aromatic nitrogens is 1. The minimum absolute atomic E-state index is 0.00545. The number of carbonyl (C=O) groups excluding carboxylic acids is 1. The van der Waals surface area contributed by atoms with Crippen LogP contribution >= 0.6 is 0 Å². The number of hydrogen-bond donors (Lipinski definition) is 0. The number of Topliss-reactive ketones (excluding diaryl/α,β-unsaturated/α-hetero) is 1. The summed E-state index contributed by atoms with van der Waals surface area (Å²) in [7, 11) is 0. The summed E-state index contributed by atoms with van der Waals surface area (Å²) < 4.78 is 11.0. The molecule has 2 aliphatic rings. The van der Waals surface area contributed by atoms with Crippen LogP contribution in [0.3, 0.4) is 0 Å². The van der Waals surface area contributed by atoms with Crippen LogP contribution in [-0.2, 0) is 0 Å². The number of ketones is 1. The van der Waals surface area contributed by atoms with Crippen molar-refractivity contribution in [2.75, 3.05) is 31.2 Å². The second-order valence-electron chi connectivity index (χ2n) is 6.59. The van der Waals surface area contributed by atoms with Gasteiger partial charge in [-0.2, -0.15) is 0 Å². The van der Waals surface area contributed by atoms with Gasteiger partial charge in [0, 0.05) is 36.8 Å². The van der Waals surface area contributed by atoms with Crippen molar-refractivity contribution in [1.29, 1.82) is 0 Å². The molecule has 0 atom stereocenters. The van der Waals surface area contributed by atoms with E-state index in [0.717, 1.165) is 0 Å². The standard InChI is InChI=1S/C19H19N3O5/c23-18(14-3-4-16-17(12-14)27-11-10-26-16)13-5-8-21(9-6-13)19-15(22(24)25)2-1-7-20-19/h1-4,7,12-13H,5-6,8-11H2. The lowest BCUT2D eigenvalue weighted by atomic mass is 9.88. The van der Waals surface area contributed by atoms with Crippen molar-refractivity contribution in [2.45, 2.75) is 12.8 Å². The van der Waals surface area contributed by atoms with E-state index in [1.54, 1.807) is 30.5 Å². The number of ether oxygens (including phenoxy) is 2. The van der Waals surface area contributed by atoms with Crippen LogP contribution in [0.15, 0.2) is 36.5 Å². The van der Waals surface area contributed by atoms with E-state index in [1.165, 1.54) is 6.07 Å². The molecule has 0 bridgehead atoms. The fourth-order valence-corrected chi connectivity index (χ4v) is 3.56. The number of hydrogen-bond acceptors (Lipinski definition) is 7. The fourth-order valence-electron chi connectivity index (χ4n) is 3.56. The van der Waals surface area contributed by atoms with Crippen LogP contribution in [-0.4, -0.2) is 42.0 Å². The predicted molar refractivity (Wildman–Crippen MR) is 97.6 cm³/mol. The number of nitrogens with zero attached hydrogens (tertiary/aromatic N) is 3. The van der Waals surface area contributed by atoms with Gasteiger partial charge in [-0.1, -0.05) is 0 Å². The van der Waals surface area contributed by atoms with Gasteiger partial charge >= 0.3 is 5.69 Å². The summed E-state index contributed by atoms with van der Waals surface area (Å²) in [5.74, 6) is 1.59. The summed E-state index contributed by atoms with van der Waals surface area (Å²) in [5.41, 5.74) is 0.607. The number of carbonyl (C=O) groups is 1. The second kappa shape index (κ2) is 7.22. The molecule has 0 radical (unpaired) electrons. The van der Waals surface area contributed by atoms with Crippen molar-refractivity contribution in [3.63, 3.8) is 0 Å². The van der Waals surface area contributed by atoms with Gasteiger partial charge in [0.15, 0.2) is 17.3 Å². The first-order valence-corrected chi connectivity index (χ1v) is 8.91. The molecule has 0 aliphatic carbocycles. The zero-order valence-corrected chi connectivity index (χ0v) is 14.7. The molecule has 3 heterocycles. The highest BCUT2D eigenvalue weighted by Crippen LogP contribution is 2.34. The molecule has 2 aliphatic heterocycles. The molecule has 0 unspecified atom stereocenters. The molecule has 0 amide bonds. The van der Waals surface area contributed by atoms with Crippen LogP contribution in [0.5, 0.6) is 11.5 Å². The molecule has 1 aromatic carbocycles. The molecular weight excluding hydrogens is 350 g/mol. The smallest absolute Gasteiger partial charge is 0.311 e. The summed E-state index contributed by atoms with van der Waals surface area (Å²) in [6.07, 6.45) is 2.80. The molecule has 27 heavy (non-hydrogen) atoms. The van der Waals surface area contributed by atoms with Crippen LogP contribution in [0.25, 0.3) is 0 Å². The Morgan fingerprint density at radius 1 is 1.15 bits per heavy atom. The maximum Gasteiger partial charge on any atom is 0.311 e. The second-order valence-corrected chi connectivity index (χ2v) is 6.59. The first-order valence-electron chi connectivity index (χ1n) is 8.91. The van der Waals surface area contributed by atoms with E-state index in [0.29, 0.717) is 62.0 Å². The van der Waals surface area contributed by atoms with Crippen LogP contribution in [0.4, 0.5) is 11.5 Å².